The average molecular weight is 323 g/mol. The summed E-state index contributed by atoms with van der Waals surface area (Å²) in [5.41, 5.74) is 6.23. The number of hydrogen-bond donors (Lipinski definition) is 2. The van der Waals surface area contributed by atoms with Crippen LogP contribution in [0.1, 0.15) is 47.0 Å². The number of morpholine rings is 1. The summed E-state index contributed by atoms with van der Waals surface area (Å²) < 4.78 is 5.82. The lowest BCUT2D eigenvalue weighted by Crippen LogP contribution is -2.59. The molecule has 0 radical (unpaired) electrons. The summed E-state index contributed by atoms with van der Waals surface area (Å²) >= 11 is 0. The molecule has 23 heavy (non-hydrogen) atoms. The van der Waals surface area contributed by atoms with Crippen molar-refractivity contribution in [2.75, 3.05) is 19.6 Å². The first-order valence-electron chi connectivity index (χ1n) is 9.21. The molecule has 2 aliphatic carbocycles. The van der Waals surface area contributed by atoms with Crippen LogP contribution in [0.25, 0.3) is 0 Å². The number of carbonyl (C=O) groups is 1. The number of rotatable bonds is 4. The first kappa shape index (κ1) is 17.2. The monoisotopic (exact) mass is 323 g/mol. The van der Waals surface area contributed by atoms with Crippen molar-refractivity contribution in [3.63, 3.8) is 0 Å². The molecule has 6 unspecified atom stereocenters. The van der Waals surface area contributed by atoms with E-state index in [-0.39, 0.29) is 35.6 Å². The molecule has 0 aromatic rings. The Bertz CT molecular complexity index is 442. The Kier molecular flexibility index (Phi) is 4.73. The molecule has 1 saturated heterocycles. The fraction of sp³-hybridized carbons (Fsp3) is 0.944. The van der Waals surface area contributed by atoms with Gasteiger partial charge in [-0.25, -0.2) is 0 Å². The molecule has 3 N–H and O–H groups in total. The van der Waals surface area contributed by atoms with Gasteiger partial charge < -0.3 is 15.8 Å². The van der Waals surface area contributed by atoms with Crippen LogP contribution in [0.4, 0.5) is 0 Å². The third-order valence-corrected chi connectivity index (χ3v) is 6.25. The van der Waals surface area contributed by atoms with Crippen LogP contribution in [-0.2, 0) is 9.53 Å². The SMILES string of the molecule is CC1CN(C(C)(C)CNC(=O)C2C3CCC(C3)C2N)CC(C)O1. The van der Waals surface area contributed by atoms with Crippen molar-refractivity contribution in [3.8, 4) is 0 Å². The average Bonchev–Trinajstić information content (AvgIpc) is 3.04. The summed E-state index contributed by atoms with van der Waals surface area (Å²) in [7, 11) is 0. The molecule has 1 amide bonds. The number of nitrogens with zero attached hydrogens (tertiary/aromatic N) is 1. The Morgan fingerprint density at radius 1 is 1.22 bits per heavy atom. The molecule has 1 heterocycles. The van der Waals surface area contributed by atoms with Gasteiger partial charge in [-0.15, -0.1) is 0 Å². The predicted molar refractivity (Wildman–Crippen MR) is 91.0 cm³/mol. The van der Waals surface area contributed by atoms with Gasteiger partial charge in [-0.05, 0) is 58.8 Å². The van der Waals surface area contributed by atoms with Crippen LogP contribution in [0, 0.1) is 17.8 Å². The van der Waals surface area contributed by atoms with E-state index in [0.717, 1.165) is 19.5 Å². The molecule has 3 aliphatic rings. The highest BCUT2D eigenvalue weighted by Gasteiger charge is 2.49. The van der Waals surface area contributed by atoms with E-state index < -0.39 is 0 Å². The Morgan fingerprint density at radius 2 is 1.83 bits per heavy atom. The molecule has 0 aromatic heterocycles. The number of amides is 1. The van der Waals surface area contributed by atoms with E-state index in [1.165, 1.54) is 12.8 Å². The van der Waals surface area contributed by atoms with Crippen molar-refractivity contribution in [3.05, 3.63) is 0 Å². The molecule has 6 atom stereocenters. The Morgan fingerprint density at radius 3 is 2.39 bits per heavy atom. The third kappa shape index (κ3) is 3.42. The van der Waals surface area contributed by atoms with Gasteiger partial charge in [0.25, 0.3) is 0 Å². The minimum absolute atomic E-state index is 0.0343. The lowest BCUT2D eigenvalue weighted by molar-refractivity contribution is -0.128. The minimum Gasteiger partial charge on any atom is -0.373 e. The second kappa shape index (κ2) is 6.34. The van der Waals surface area contributed by atoms with Crippen LogP contribution in [0.15, 0.2) is 0 Å². The van der Waals surface area contributed by atoms with E-state index in [4.69, 9.17) is 10.5 Å². The quantitative estimate of drug-likeness (QED) is 0.820. The van der Waals surface area contributed by atoms with Crippen molar-refractivity contribution in [2.45, 2.75) is 70.7 Å². The van der Waals surface area contributed by atoms with Gasteiger partial charge in [0.2, 0.25) is 5.91 Å². The number of ether oxygens (including phenoxy) is 1. The zero-order valence-corrected chi connectivity index (χ0v) is 15.0. The third-order valence-electron chi connectivity index (χ3n) is 6.25. The number of nitrogens with two attached hydrogens (primary N) is 1. The van der Waals surface area contributed by atoms with Crippen LogP contribution in [0.2, 0.25) is 0 Å². The van der Waals surface area contributed by atoms with Gasteiger partial charge in [0.1, 0.15) is 0 Å². The highest BCUT2D eigenvalue weighted by molar-refractivity contribution is 5.80. The summed E-state index contributed by atoms with van der Waals surface area (Å²) in [6.07, 6.45) is 4.03. The summed E-state index contributed by atoms with van der Waals surface area (Å²) in [6.45, 7) is 11.2. The number of carbonyl (C=O) groups excluding carboxylic acids is 1. The largest absolute Gasteiger partial charge is 0.373 e. The van der Waals surface area contributed by atoms with Gasteiger partial charge in [-0.1, -0.05) is 0 Å². The summed E-state index contributed by atoms with van der Waals surface area (Å²) in [6, 6.07) is 0.0697. The van der Waals surface area contributed by atoms with Crippen molar-refractivity contribution in [1.82, 2.24) is 10.2 Å². The van der Waals surface area contributed by atoms with E-state index in [1.807, 2.05) is 0 Å². The molecule has 0 spiro atoms. The lowest BCUT2D eigenvalue weighted by Gasteiger charge is -2.45. The molecule has 132 valence electrons. The Labute approximate surface area is 140 Å². The van der Waals surface area contributed by atoms with Gasteiger partial charge in [0, 0.05) is 31.2 Å². The fourth-order valence-corrected chi connectivity index (χ4v) is 4.93. The molecule has 2 saturated carbocycles. The maximum absolute atomic E-state index is 12.7. The highest BCUT2D eigenvalue weighted by atomic mass is 16.5. The van der Waals surface area contributed by atoms with Crippen LogP contribution < -0.4 is 11.1 Å². The van der Waals surface area contributed by atoms with Gasteiger partial charge >= 0.3 is 0 Å². The van der Waals surface area contributed by atoms with Gasteiger partial charge in [-0.3, -0.25) is 9.69 Å². The molecular weight excluding hydrogens is 290 g/mol. The maximum atomic E-state index is 12.7. The van der Waals surface area contributed by atoms with Crippen LogP contribution in [-0.4, -0.2) is 54.2 Å². The fourth-order valence-electron chi connectivity index (χ4n) is 4.93. The van der Waals surface area contributed by atoms with E-state index in [0.29, 0.717) is 18.4 Å². The maximum Gasteiger partial charge on any atom is 0.225 e. The van der Waals surface area contributed by atoms with Crippen molar-refractivity contribution in [2.24, 2.45) is 23.5 Å². The van der Waals surface area contributed by atoms with Crippen molar-refractivity contribution < 1.29 is 9.53 Å². The van der Waals surface area contributed by atoms with Crippen molar-refractivity contribution in [1.29, 1.82) is 0 Å². The zero-order chi connectivity index (χ0) is 16.8. The molecule has 5 nitrogen and oxygen atoms in total. The minimum atomic E-state index is -0.0658. The second-order valence-corrected chi connectivity index (χ2v) is 8.63. The number of fused-ring (bicyclic) bond motifs is 2. The molecule has 3 fully saturated rings. The van der Waals surface area contributed by atoms with E-state index in [1.54, 1.807) is 0 Å². The Hall–Kier alpha value is -0.650. The first-order chi connectivity index (χ1) is 10.8. The molecule has 0 aromatic carbocycles. The standard InChI is InChI=1S/C18H33N3O2/c1-11-8-21(9-12(2)23-11)18(3,4)10-20-17(22)15-13-5-6-14(7-13)16(15)19/h11-16H,5-10,19H2,1-4H3,(H,20,22). The molecule has 3 rings (SSSR count). The van der Waals surface area contributed by atoms with Crippen LogP contribution in [0.3, 0.4) is 0 Å². The second-order valence-electron chi connectivity index (χ2n) is 8.63. The smallest absolute Gasteiger partial charge is 0.225 e. The zero-order valence-electron chi connectivity index (χ0n) is 15.0. The van der Waals surface area contributed by atoms with Gasteiger partial charge in [0.05, 0.1) is 18.1 Å². The normalized spacial score (nSPS) is 41.3. The van der Waals surface area contributed by atoms with Crippen molar-refractivity contribution >= 4 is 5.91 Å². The first-order valence-corrected chi connectivity index (χ1v) is 9.21. The van der Waals surface area contributed by atoms with Gasteiger partial charge in [0.15, 0.2) is 0 Å². The highest BCUT2D eigenvalue weighted by Crippen LogP contribution is 2.47. The topological polar surface area (TPSA) is 67.6 Å². The van der Waals surface area contributed by atoms with Crippen LogP contribution >= 0.6 is 0 Å². The molecule has 5 heteroatoms. The molecule has 1 aliphatic heterocycles. The molecular formula is C18H33N3O2. The Balaban J connectivity index is 1.55. The van der Waals surface area contributed by atoms with E-state index >= 15 is 0 Å². The summed E-state index contributed by atoms with van der Waals surface area (Å²) in [5, 5.41) is 3.21. The lowest BCUT2D eigenvalue weighted by atomic mass is 9.84. The number of nitrogens with one attached hydrogen (secondary N) is 1. The summed E-state index contributed by atoms with van der Waals surface area (Å²) in [5.74, 6) is 1.30. The molecule has 2 bridgehead atoms. The summed E-state index contributed by atoms with van der Waals surface area (Å²) in [4.78, 5) is 15.1. The van der Waals surface area contributed by atoms with E-state index in [2.05, 4.69) is 37.9 Å². The number of hydrogen-bond acceptors (Lipinski definition) is 4. The van der Waals surface area contributed by atoms with E-state index in [9.17, 15) is 4.79 Å². The predicted octanol–water partition coefficient (Wildman–Crippen LogP) is 1.36. The van der Waals surface area contributed by atoms with Gasteiger partial charge in [-0.2, -0.15) is 0 Å². The van der Waals surface area contributed by atoms with Crippen LogP contribution in [0.5, 0.6) is 0 Å².